The zero-order valence-corrected chi connectivity index (χ0v) is 10.4. The zero-order valence-electron chi connectivity index (χ0n) is 10.4. The van der Waals surface area contributed by atoms with Crippen LogP contribution in [0.1, 0.15) is 36.0 Å². The van der Waals surface area contributed by atoms with Crippen molar-refractivity contribution in [2.75, 3.05) is 14.2 Å². The second-order valence-corrected chi connectivity index (χ2v) is 4.41. The number of ether oxygens (including phenoxy) is 2. The average Bonchev–Trinajstić information content (AvgIpc) is 2.91. The van der Waals surface area contributed by atoms with E-state index < -0.39 is 0 Å². The van der Waals surface area contributed by atoms with Crippen molar-refractivity contribution >= 4 is 5.78 Å². The topological polar surface area (TPSA) is 35.5 Å². The highest BCUT2D eigenvalue weighted by atomic mass is 16.5. The summed E-state index contributed by atoms with van der Waals surface area (Å²) in [6, 6.07) is 5.38. The maximum atomic E-state index is 12.3. The van der Waals surface area contributed by atoms with Gasteiger partial charge in [0.05, 0.1) is 19.8 Å². The predicted molar refractivity (Wildman–Crippen MR) is 65.8 cm³/mol. The molecule has 0 spiro atoms. The molecule has 1 aromatic carbocycles. The summed E-state index contributed by atoms with van der Waals surface area (Å²) in [4.78, 5) is 12.3. The van der Waals surface area contributed by atoms with E-state index in [-0.39, 0.29) is 11.7 Å². The highest BCUT2D eigenvalue weighted by Gasteiger charge is 2.26. The first-order valence-corrected chi connectivity index (χ1v) is 6.02. The Labute approximate surface area is 102 Å². The molecule has 0 amide bonds. The van der Waals surface area contributed by atoms with Crippen LogP contribution >= 0.6 is 0 Å². The fourth-order valence-electron chi connectivity index (χ4n) is 2.41. The lowest BCUT2D eigenvalue weighted by Gasteiger charge is -2.12. The van der Waals surface area contributed by atoms with E-state index in [2.05, 4.69) is 0 Å². The Morgan fingerprint density at radius 1 is 1.18 bits per heavy atom. The molecule has 0 radical (unpaired) electrons. The van der Waals surface area contributed by atoms with Gasteiger partial charge in [-0.2, -0.15) is 0 Å². The van der Waals surface area contributed by atoms with Crippen molar-refractivity contribution in [1.29, 1.82) is 0 Å². The van der Waals surface area contributed by atoms with Crippen molar-refractivity contribution in [3.63, 3.8) is 0 Å². The van der Waals surface area contributed by atoms with Crippen molar-refractivity contribution < 1.29 is 14.3 Å². The number of benzene rings is 1. The number of hydrogen-bond donors (Lipinski definition) is 0. The maximum Gasteiger partial charge on any atom is 0.169 e. The van der Waals surface area contributed by atoms with Gasteiger partial charge < -0.3 is 9.47 Å². The van der Waals surface area contributed by atoms with Gasteiger partial charge in [0, 0.05) is 12.0 Å². The lowest BCUT2D eigenvalue weighted by atomic mass is 9.95. The fourth-order valence-corrected chi connectivity index (χ4v) is 2.41. The van der Waals surface area contributed by atoms with Crippen LogP contribution < -0.4 is 9.47 Å². The molecule has 0 N–H and O–H groups in total. The number of rotatable bonds is 4. The van der Waals surface area contributed by atoms with E-state index in [1.807, 2.05) is 6.07 Å². The van der Waals surface area contributed by atoms with Crippen LogP contribution in [0.25, 0.3) is 0 Å². The molecule has 0 aromatic heterocycles. The van der Waals surface area contributed by atoms with Crippen molar-refractivity contribution in [2.45, 2.75) is 25.7 Å². The Morgan fingerprint density at radius 3 is 2.47 bits per heavy atom. The first kappa shape index (κ1) is 12.0. The number of Topliss-reactive ketones (excluding diaryl/α,β-unsaturated/α-hetero) is 1. The molecule has 3 nitrogen and oxygen atoms in total. The van der Waals surface area contributed by atoms with Crippen LogP contribution in [0.5, 0.6) is 11.5 Å². The predicted octanol–water partition coefficient (Wildman–Crippen LogP) is 3.08. The van der Waals surface area contributed by atoms with Gasteiger partial charge >= 0.3 is 0 Å². The largest absolute Gasteiger partial charge is 0.497 e. The molecular formula is C14H18O3. The molecule has 0 atom stereocenters. The molecule has 3 heteroatoms. The minimum Gasteiger partial charge on any atom is -0.497 e. The van der Waals surface area contributed by atoms with Crippen LogP contribution in [-0.2, 0) is 0 Å². The smallest absolute Gasteiger partial charge is 0.169 e. The molecule has 0 aliphatic heterocycles. The monoisotopic (exact) mass is 234 g/mol. The summed E-state index contributed by atoms with van der Waals surface area (Å²) < 4.78 is 10.4. The molecule has 1 saturated carbocycles. The summed E-state index contributed by atoms with van der Waals surface area (Å²) in [7, 11) is 3.19. The molecule has 2 rings (SSSR count). The van der Waals surface area contributed by atoms with Gasteiger partial charge in [-0.3, -0.25) is 4.79 Å². The molecule has 0 saturated heterocycles. The number of ketones is 1. The molecule has 1 fully saturated rings. The van der Waals surface area contributed by atoms with E-state index in [4.69, 9.17) is 9.47 Å². The van der Waals surface area contributed by atoms with Crippen LogP contribution in [0.2, 0.25) is 0 Å². The maximum absolute atomic E-state index is 12.3. The Balaban J connectivity index is 2.27. The molecule has 1 aliphatic rings. The molecule has 0 heterocycles. The van der Waals surface area contributed by atoms with Gasteiger partial charge in [0.25, 0.3) is 0 Å². The second kappa shape index (κ2) is 5.21. The number of carbonyl (C=O) groups excluding carboxylic acids is 1. The van der Waals surface area contributed by atoms with Gasteiger partial charge in [0.2, 0.25) is 0 Å². The first-order chi connectivity index (χ1) is 8.26. The normalized spacial score (nSPS) is 15.9. The number of methoxy groups -OCH3 is 2. The quantitative estimate of drug-likeness (QED) is 0.751. The van der Waals surface area contributed by atoms with Gasteiger partial charge in [-0.05, 0) is 25.0 Å². The molecule has 0 bridgehead atoms. The van der Waals surface area contributed by atoms with Crippen molar-refractivity contribution in [3.8, 4) is 11.5 Å². The molecule has 17 heavy (non-hydrogen) atoms. The van der Waals surface area contributed by atoms with Crippen LogP contribution in [-0.4, -0.2) is 20.0 Å². The highest BCUT2D eigenvalue weighted by molar-refractivity contribution is 6.00. The Hall–Kier alpha value is -1.51. The minimum atomic E-state index is 0.178. The fraction of sp³-hybridized carbons (Fsp3) is 0.500. The molecule has 1 aromatic rings. The Morgan fingerprint density at radius 2 is 1.88 bits per heavy atom. The third-order valence-corrected chi connectivity index (χ3v) is 3.40. The number of hydrogen-bond acceptors (Lipinski definition) is 3. The Bertz CT molecular complexity index is 406. The van der Waals surface area contributed by atoms with E-state index >= 15 is 0 Å². The molecular weight excluding hydrogens is 216 g/mol. The van der Waals surface area contributed by atoms with E-state index in [9.17, 15) is 4.79 Å². The number of carbonyl (C=O) groups is 1. The first-order valence-electron chi connectivity index (χ1n) is 6.02. The third kappa shape index (κ3) is 2.43. The summed E-state index contributed by atoms with van der Waals surface area (Å²) >= 11 is 0. The summed E-state index contributed by atoms with van der Waals surface area (Å²) in [5.41, 5.74) is 0.681. The van der Waals surface area contributed by atoms with Crippen LogP contribution in [0, 0.1) is 5.92 Å². The summed E-state index contributed by atoms with van der Waals surface area (Å²) in [6.45, 7) is 0. The Kier molecular flexibility index (Phi) is 3.67. The molecule has 1 aliphatic carbocycles. The SMILES string of the molecule is COc1ccc(C(=O)C2CCCC2)c(OC)c1. The van der Waals surface area contributed by atoms with Gasteiger partial charge in [-0.25, -0.2) is 0 Å². The van der Waals surface area contributed by atoms with E-state index in [0.29, 0.717) is 17.1 Å². The van der Waals surface area contributed by atoms with Crippen molar-refractivity contribution in [3.05, 3.63) is 23.8 Å². The van der Waals surface area contributed by atoms with Crippen molar-refractivity contribution in [1.82, 2.24) is 0 Å². The van der Waals surface area contributed by atoms with Crippen LogP contribution in [0.4, 0.5) is 0 Å². The van der Waals surface area contributed by atoms with Crippen molar-refractivity contribution in [2.24, 2.45) is 5.92 Å². The molecule has 92 valence electrons. The zero-order chi connectivity index (χ0) is 12.3. The highest BCUT2D eigenvalue weighted by Crippen LogP contribution is 2.32. The van der Waals surface area contributed by atoms with E-state index in [1.165, 1.54) is 0 Å². The summed E-state index contributed by atoms with van der Waals surface area (Å²) in [6.07, 6.45) is 4.34. The average molecular weight is 234 g/mol. The van der Waals surface area contributed by atoms with Crippen LogP contribution in [0.15, 0.2) is 18.2 Å². The van der Waals surface area contributed by atoms with E-state index in [0.717, 1.165) is 25.7 Å². The third-order valence-electron chi connectivity index (χ3n) is 3.40. The van der Waals surface area contributed by atoms with Gasteiger partial charge in [0.1, 0.15) is 11.5 Å². The van der Waals surface area contributed by atoms with E-state index in [1.54, 1.807) is 26.4 Å². The standard InChI is InChI=1S/C14H18O3/c1-16-11-7-8-12(13(9-11)17-2)14(15)10-5-3-4-6-10/h7-10H,3-6H2,1-2H3. The molecule has 0 unspecified atom stereocenters. The van der Waals surface area contributed by atoms with Crippen LogP contribution in [0.3, 0.4) is 0 Å². The lowest BCUT2D eigenvalue weighted by Crippen LogP contribution is -2.12. The van der Waals surface area contributed by atoms with Gasteiger partial charge in [0.15, 0.2) is 5.78 Å². The summed E-state index contributed by atoms with van der Waals surface area (Å²) in [5, 5.41) is 0. The lowest BCUT2D eigenvalue weighted by molar-refractivity contribution is 0.0919. The van der Waals surface area contributed by atoms with Gasteiger partial charge in [-0.1, -0.05) is 12.8 Å². The minimum absolute atomic E-state index is 0.178. The second-order valence-electron chi connectivity index (χ2n) is 4.41. The summed E-state index contributed by atoms with van der Waals surface area (Å²) in [5.74, 6) is 1.71. The van der Waals surface area contributed by atoms with Gasteiger partial charge in [-0.15, -0.1) is 0 Å².